The molecule has 0 aliphatic heterocycles. The predicted octanol–water partition coefficient (Wildman–Crippen LogP) is 3.58. The Morgan fingerprint density at radius 2 is 2.00 bits per heavy atom. The monoisotopic (exact) mass is 321 g/mol. The number of nitrogens with one attached hydrogen (secondary N) is 2. The van der Waals surface area contributed by atoms with Gasteiger partial charge in [-0.05, 0) is 37.3 Å². The first-order chi connectivity index (χ1) is 10.5. The van der Waals surface area contributed by atoms with Gasteiger partial charge in [-0.2, -0.15) is 11.8 Å². The van der Waals surface area contributed by atoms with E-state index in [0.717, 1.165) is 19.0 Å². The lowest BCUT2D eigenvalue weighted by Gasteiger charge is -2.27. The van der Waals surface area contributed by atoms with E-state index in [0.29, 0.717) is 0 Å². The van der Waals surface area contributed by atoms with Crippen LogP contribution in [0.25, 0.3) is 0 Å². The molecule has 0 saturated carbocycles. The zero-order valence-corrected chi connectivity index (χ0v) is 15.5. The summed E-state index contributed by atoms with van der Waals surface area (Å²) in [4.78, 5) is 4.31. The molecule has 0 aliphatic carbocycles. The summed E-state index contributed by atoms with van der Waals surface area (Å²) in [5, 5.41) is 6.85. The van der Waals surface area contributed by atoms with Crippen molar-refractivity contribution in [2.45, 2.75) is 39.0 Å². The zero-order valence-electron chi connectivity index (χ0n) is 14.7. The fraction of sp³-hybridized carbons (Fsp3) is 0.611. The molecule has 0 amide bonds. The molecule has 0 atom stereocenters. The van der Waals surface area contributed by atoms with Gasteiger partial charge >= 0.3 is 0 Å². The highest BCUT2D eigenvalue weighted by Crippen LogP contribution is 2.22. The van der Waals surface area contributed by atoms with Crippen LogP contribution in [0.1, 0.15) is 37.8 Å². The third kappa shape index (κ3) is 6.73. The minimum atomic E-state index is 0.0719. The topological polar surface area (TPSA) is 36.4 Å². The summed E-state index contributed by atoms with van der Waals surface area (Å²) < 4.78 is 0. The van der Waals surface area contributed by atoms with Crippen LogP contribution in [0.4, 0.5) is 0 Å². The Hall–Kier alpha value is -1.16. The van der Waals surface area contributed by atoms with Gasteiger partial charge < -0.3 is 10.6 Å². The van der Waals surface area contributed by atoms with Crippen molar-refractivity contribution in [2.24, 2.45) is 4.99 Å². The van der Waals surface area contributed by atoms with Crippen molar-refractivity contribution in [3.63, 3.8) is 0 Å². The van der Waals surface area contributed by atoms with Crippen LogP contribution >= 0.6 is 11.8 Å². The van der Waals surface area contributed by atoms with Gasteiger partial charge in [0.25, 0.3) is 0 Å². The van der Waals surface area contributed by atoms with Crippen LogP contribution in [-0.4, -0.2) is 38.1 Å². The number of benzene rings is 1. The summed E-state index contributed by atoms with van der Waals surface area (Å²) in [6.45, 7) is 8.51. The van der Waals surface area contributed by atoms with Crippen molar-refractivity contribution in [1.82, 2.24) is 10.6 Å². The van der Waals surface area contributed by atoms with E-state index in [1.165, 1.54) is 29.7 Å². The molecule has 0 aromatic heterocycles. The number of nitrogens with zero attached hydrogens (tertiary/aromatic N) is 1. The van der Waals surface area contributed by atoms with Crippen LogP contribution in [-0.2, 0) is 5.41 Å². The second-order valence-corrected chi connectivity index (χ2v) is 7.29. The van der Waals surface area contributed by atoms with Gasteiger partial charge in [-0.15, -0.1) is 0 Å². The van der Waals surface area contributed by atoms with E-state index in [2.05, 4.69) is 66.9 Å². The predicted molar refractivity (Wildman–Crippen MR) is 101 cm³/mol. The molecule has 1 aromatic rings. The van der Waals surface area contributed by atoms with Gasteiger partial charge in [-0.1, -0.05) is 43.7 Å². The second kappa shape index (κ2) is 9.78. The van der Waals surface area contributed by atoms with Gasteiger partial charge in [0.1, 0.15) is 0 Å². The maximum atomic E-state index is 4.31. The van der Waals surface area contributed by atoms with Crippen LogP contribution in [0.2, 0.25) is 0 Å². The van der Waals surface area contributed by atoms with Crippen LogP contribution in [0.15, 0.2) is 29.3 Å². The van der Waals surface area contributed by atoms with E-state index in [9.17, 15) is 0 Å². The number of thioether (sulfide) groups is 1. The van der Waals surface area contributed by atoms with Crippen molar-refractivity contribution < 1.29 is 0 Å². The molecule has 22 heavy (non-hydrogen) atoms. The Kier molecular flexibility index (Phi) is 8.39. The Morgan fingerprint density at radius 3 is 2.64 bits per heavy atom. The molecule has 4 heteroatoms. The van der Waals surface area contributed by atoms with E-state index < -0.39 is 0 Å². The summed E-state index contributed by atoms with van der Waals surface area (Å²) in [5.74, 6) is 2.12. The minimum Gasteiger partial charge on any atom is -0.356 e. The Labute approximate surface area is 140 Å². The molecule has 3 nitrogen and oxygen atoms in total. The third-order valence-electron chi connectivity index (χ3n) is 3.79. The molecular weight excluding hydrogens is 290 g/mol. The van der Waals surface area contributed by atoms with E-state index in [1.807, 2.05) is 18.8 Å². The molecule has 0 bridgehead atoms. The van der Waals surface area contributed by atoms with Crippen LogP contribution in [0.5, 0.6) is 0 Å². The average molecular weight is 322 g/mol. The van der Waals surface area contributed by atoms with Crippen LogP contribution in [0.3, 0.4) is 0 Å². The van der Waals surface area contributed by atoms with Crippen molar-refractivity contribution in [2.75, 3.05) is 32.1 Å². The second-order valence-electron chi connectivity index (χ2n) is 6.31. The Bertz CT molecular complexity index is 469. The first-order valence-corrected chi connectivity index (χ1v) is 9.39. The van der Waals surface area contributed by atoms with Gasteiger partial charge in [0.15, 0.2) is 5.96 Å². The van der Waals surface area contributed by atoms with Gasteiger partial charge in [0.05, 0.1) is 0 Å². The molecule has 2 N–H and O–H groups in total. The number of aliphatic imine (C=N–C) groups is 1. The molecule has 0 aliphatic rings. The third-order valence-corrected chi connectivity index (χ3v) is 4.49. The minimum absolute atomic E-state index is 0.0719. The number of unbranched alkanes of at least 4 members (excludes halogenated alkanes) is 1. The number of rotatable bonds is 8. The quantitative estimate of drug-likeness (QED) is 0.436. The Morgan fingerprint density at radius 1 is 1.23 bits per heavy atom. The first kappa shape index (κ1) is 18.9. The molecule has 0 radical (unpaired) electrons. The molecule has 0 unspecified atom stereocenters. The number of aryl methyl sites for hydroxylation is 1. The van der Waals surface area contributed by atoms with Crippen molar-refractivity contribution in [3.8, 4) is 0 Å². The van der Waals surface area contributed by atoms with Crippen LogP contribution < -0.4 is 10.6 Å². The summed E-state index contributed by atoms with van der Waals surface area (Å²) in [6, 6.07) is 8.74. The molecule has 0 saturated heterocycles. The van der Waals surface area contributed by atoms with Gasteiger partial charge in [-0.25, -0.2) is 0 Å². The van der Waals surface area contributed by atoms with Gasteiger partial charge in [0, 0.05) is 25.6 Å². The first-order valence-electron chi connectivity index (χ1n) is 8.00. The highest BCUT2D eigenvalue weighted by molar-refractivity contribution is 7.98. The molecular formula is C18H31N3S. The van der Waals surface area contributed by atoms with E-state index in [4.69, 9.17) is 0 Å². The van der Waals surface area contributed by atoms with E-state index >= 15 is 0 Å². The molecule has 1 aromatic carbocycles. The smallest absolute Gasteiger partial charge is 0.191 e. The lowest BCUT2D eigenvalue weighted by Crippen LogP contribution is -2.43. The highest BCUT2D eigenvalue weighted by Gasteiger charge is 2.20. The van der Waals surface area contributed by atoms with Crippen molar-refractivity contribution >= 4 is 17.7 Å². The maximum Gasteiger partial charge on any atom is 0.191 e. The lowest BCUT2D eigenvalue weighted by molar-refractivity contribution is 0.508. The number of hydrogen-bond acceptors (Lipinski definition) is 2. The molecule has 0 fully saturated rings. The largest absolute Gasteiger partial charge is 0.356 e. The fourth-order valence-electron chi connectivity index (χ4n) is 2.27. The average Bonchev–Trinajstić information content (AvgIpc) is 2.50. The summed E-state index contributed by atoms with van der Waals surface area (Å²) in [5.41, 5.74) is 2.74. The zero-order chi connectivity index (χ0) is 16.4. The molecule has 0 heterocycles. The normalized spacial score (nSPS) is 12.3. The van der Waals surface area contributed by atoms with Gasteiger partial charge in [-0.3, -0.25) is 4.99 Å². The lowest BCUT2D eigenvalue weighted by atomic mass is 9.84. The summed E-state index contributed by atoms with van der Waals surface area (Å²) >= 11 is 1.90. The SMILES string of the molecule is CN=C(NCCCCSC)NCC(C)(C)c1cccc(C)c1. The highest BCUT2D eigenvalue weighted by atomic mass is 32.2. The van der Waals surface area contributed by atoms with E-state index in [1.54, 1.807) is 0 Å². The van der Waals surface area contributed by atoms with Crippen molar-refractivity contribution in [3.05, 3.63) is 35.4 Å². The van der Waals surface area contributed by atoms with Gasteiger partial charge in [0.2, 0.25) is 0 Å². The Balaban J connectivity index is 2.44. The van der Waals surface area contributed by atoms with Crippen LogP contribution in [0, 0.1) is 6.92 Å². The molecule has 0 spiro atoms. The standard InChI is InChI=1S/C18H31N3S/c1-15-9-8-10-16(13-15)18(2,3)14-21-17(19-4)20-11-6-7-12-22-5/h8-10,13H,6-7,11-12,14H2,1-5H3,(H2,19,20,21). The molecule has 124 valence electrons. The number of guanidine groups is 1. The fourth-order valence-corrected chi connectivity index (χ4v) is 2.76. The molecule has 1 rings (SSSR count). The van der Waals surface area contributed by atoms with Crippen molar-refractivity contribution in [1.29, 1.82) is 0 Å². The maximum absolute atomic E-state index is 4.31. The van der Waals surface area contributed by atoms with E-state index in [-0.39, 0.29) is 5.41 Å². The summed E-state index contributed by atoms with van der Waals surface area (Å²) in [6.07, 6.45) is 4.59. The summed E-state index contributed by atoms with van der Waals surface area (Å²) in [7, 11) is 1.83. The number of hydrogen-bond donors (Lipinski definition) is 2.